The maximum absolute atomic E-state index is 11.6. The van der Waals surface area contributed by atoms with Crippen LogP contribution in [0.4, 0.5) is 0 Å². The predicted octanol–water partition coefficient (Wildman–Crippen LogP) is 1.93. The molecule has 6 heteroatoms. The van der Waals surface area contributed by atoms with Gasteiger partial charge in [0.15, 0.2) is 18.1 Å². The molecule has 1 aromatic carbocycles. The monoisotopic (exact) mass is 319 g/mol. The fourth-order valence-corrected chi connectivity index (χ4v) is 2.00. The summed E-state index contributed by atoms with van der Waals surface area (Å²) < 4.78 is 16.0. The van der Waals surface area contributed by atoms with Crippen molar-refractivity contribution in [3.8, 4) is 11.5 Å². The first-order chi connectivity index (χ1) is 11.0. The zero-order chi connectivity index (χ0) is 16.7. The van der Waals surface area contributed by atoms with Gasteiger partial charge in [0, 0.05) is 18.5 Å². The van der Waals surface area contributed by atoms with Gasteiger partial charge in [0.2, 0.25) is 0 Å². The minimum Gasteiger partial charge on any atom is -0.490 e. The highest BCUT2D eigenvalue weighted by Crippen LogP contribution is 2.30. The molecule has 1 N–H and O–H groups in total. The smallest absolute Gasteiger partial charge is 0.331 e. The molecule has 0 saturated carbocycles. The van der Waals surface area contributed by atoms with E-state index >= 15 is 0 Å². The Morgan fingerprint density at radius 2 is 2.00 bits per heavy atom. The molecule has 1 amide bonds. The van der Waals surface area contributed by atoms with Gasteiger partial charge in [0.05, 0.1) is 13.2 Å². The molecule has 2 rings (SSSR count). The van der Waals surface area contributed by atoms with Crippen LogP contribution >= 0.6 is 0 Å². The van der Waals surface area contributed by atoms with Gasteiger partial charge < -0.3 is 19.5 Å². The normalized spacial score (nSPS) is 13.7. The Morgan fingerprint density at radius 3 is 2.74 bits per heavy atom. The van der Waals surface area contributed by atoms with Gasteiger partial charge in [0.25, 0.3) is 5.91 Å². The molecule has 0 aromatic heterocycles. The highest BCUT2D eigenvalue weighted by atomic mass is 16.5. The number of amides is 1. The first-order valence-electron chi connectivity index (χ1n) is 7.58. The molecule has 0 radical (unpaired) electrons. The summed E-state index contributed by atoms with van der Waals surface area (Å²) in [6, 6.07) is 5.44. The molecule has 1 aliphatic rings. The van der Waals surface area contributed by atoms with Gasteiger partial charge in [-0.25, -0.2) is 4.79 Å². The molecule has 0 saturated heterocycles. The molecule has 1 aromatic rings. The third kappa shape index (κ3) is 5.65. The van der Waals surface area contributed by atoms with Crippen LogP contribution < -0.4 is 14.8 Å². The highest BCUT2D eigenvalue weighted by molar-refractivity contribution is 5.89. The number of carbonyl (C=O) groups is 2. The van der Waals surface area contributed by atoms with E-state index in [-0.39, 0.29) is 18.6 Å². The van der Waals surface area contributed by atoms with Crippen LogP contribution in [0.1, 0.15) is 25.8 Å². The van der Waals surface area contributed by atoms with Crippen LogP contribution in [0.2, 0.25) is 0 Å². The maximum Gasteiger partial charge on any atom is 0.331 e. The van der Waals surface area contributed by atoms with Crippen molar-refractivity contribution in [1.82, 2.24) is 5.32 Å². The van der Waals surface area contributed by atoms with E-state index in [0.717, 1.165) is 12.0 Å². The lowest BCUT2D eigenvalue weighted by Gasteiger charge is -2.08. The van der Waals surface area contributed by atoms with Crippen LogP contribution in [0.15, 0.2) is 24.3 Å². The van der Waals surface area contributed by atoms with E-state index in [0.29, 0.717) is 24.7 Å². The summed E-state index contributed by atoms with van der Waals surface area (Å²) in [6.45, 7) is 4.62. The zero-order valence-electron chi connectivity index (χ0n) is 13.3. The van der Waals surface area contributed by atoms with E-state index in [1.54, 1.807) is 12.1 Å². The molecule has 0 spiro atoms. The third-order valence-corrected chi connectivity index (χ3v) is 2.98. The minimum absolute atomic E-state index is 0.0125. The lowest BCUT2D eigenvalue weighted by atomic mass is 10.2. The van der Waals surface area contributed by atoms with Gasteiger partial charge in [-0.15, -0.1) is 0 Å². The molecule has 124 valence electrons. The second-order valence-corrected chi connectivity index (χ2v) is 5.42. The number of hydrogen-bond donors (Lipinski definition) is 1. The van der Waals surface area contributed by atoms with Crippen LogP contribution in [-0.4, -0.2) is 37.7 Å². The summed E-state index contributed by atoms with van der Waals surface area (Å²) in [7, 11) is 0. The van der Waals surface area contributed by atoms with Crippen molar-refractivity contribution in [3.05, 3.63) is 29.8 Å². The van der Waals surface area contributed by atoms with E-state index in [2.05, 4.69) is 5.32 Å². The summed E-state index contributed by atoms with van der Waals surface area (Å²) in [4.78, 5) is 23.0. The molecule has 1 aliphatic heterocycles. The van der Waals surface area contributed by atoms with Crippen molar-refractivity contribution in [3.63, 3.8) is 0 Å². The van der Waals surface area contributed by atoms with Crippen molar-refractivity contribution in [1.29, 1.82) is 0 Å². The van der Waals surface area contributed by atoms with Crippen LogP contribution in [0.25, 0.3) is 6.08 Å². The van der Waals surface area contributed by atoms with Crippen molar-refractivity contribution >= 4 is 18.0 Å². The van der Waals surface area contributed by atoms with Crippen LogP contribution in [-0.2, 0) is 14.3 Å². The van der Waals surface area contributed by atoms with Crippen molar-refractivity contribution in [2.45, 2.75) is 26.3 Å². The predicted molar refractivity (Wildman–Crippen MR) is 85.3 cm³/mol. The van der Waals surface area contributed by atoms with Gasteiger partial charge in [-0.2, -0.15) is 0 Å². The molecule has 0 aliphatic carbocycles. The van der Waals surface area contributed by atoms with E-state index in [9.17, 15) is 9.59 Å². The number of hydrogen-bond acceptors (Lipinski definition) is 5. The SMILES string of the molecule is CC(C)NC(=O)COC(=O)/C=C/c1ccc2c(c1)OCCCO2. The Labute approximate surface area is 135 Å². The lowest BCUT2D eigenvalue weighted by molar-refractivity contribution is -0.143. The lowest BCUT2D eigenvalue weighted by Crippen LogP contribution is -2.33. The summed E-state index contributed by atoms with van der Waals surface area (Å²) in [5, 5.41) is 2.64. The molecule has 23 heavy (non-hydrogen) atoms. The Morgan fingerprint density at radius 1 is 1.26 bits per heavy atom. The van der Waals surface area contributed by atoms with E-state index < -0.39 is 5.97 Å². The first-order valence-corrected chi connectivity index (χ1v) is 7.58. The van der Waals surface area contributed by atoms with Crippen molar-refractivity contribution in [2.24, 2.45) is 0 Å². The number of rotatable bonds is 5. The number of ether oxygens (including phenoxy) is 3. The average Bonchev–Trinajstić information content (AvgIpc) is 2.75. The molecule has 0 unspecified atom stereocenters. The molecule has 0 atom stereocenters. The Hall–Kier alpha value is -2.50. The molecule has 0 fully saturated rings. The Balaban J connectivity index is 1.88. The van der Waals surface area contributed by atoms with E-state index in [1.165, 1.54) is 6.08 Å². The molecular formula is C17H21NO5. The Bertz CT molecular complexity index is 595. The van der Waals surface area contributed by atoms with Crippen molar-refractivity contribution < 1.29 is 23.8 Å². The third-order valence-electron chi connectivity index (χ3n) is 2.98. The van der Waals surface area contributed by atoms with Gasteiger partial charge in [-0.1, -0.05) is 6.07 Å². The standard InChI is InChI=1S/C17H21NO5/c1-12(2)18-16(19)11-23-17(20)7-5-13-4-6-14-15(10-13)22-9-3-8-21-14/h4-7,10,12H,3,8-9,11H2,1-2H3,(H,18,19)/b7-5+. The van der Waals surface area contributed by atoms with E-state index in [4.69, 9.17) is 14.2 Å². The minimum atomic E-state index is -0.573. The summed E-state index contributed by atoms with van der Waals surface area (Å²) >= 11 is 0. The summed E-state index contributed by atoms with van der Waals surface area (Å²) in [6.07, 6.45) is 3.73. The fourth-order valence-electron chi connectivity index (χ4n) is 2.00. The number of carbonyl (C=O) groups excluding carboxylic acids is 2. The van der Waals surface area contributed by atoms with Gasteiger partial charge in [-0.3, -0.25) is 4.79 Å². The number of nitrogens with one attached hydrogen (secondary N) is 1. The zero-order valence-corrected chi connectivity index (χ0v) is 13.3. The van der Waals surface area contributed by atoms with Gasteiger partial charge in [0.1, 0.15) is 0 Å². The van der Waals surface area contributed by atoms with Crippen LogP contribution in [0.3, 0.4) is 0 Å². The van der Waals surface area contributed by atoms with E-state index in [1.807, 2.05) is 26.0 Å². The Kier molecular flexibility index (Phi) is 6.02. The molecular weight excluding hydrogens is 298 g/mol. The average molecular weight is 319 g/mol. The molecule has 0 bridgehead atoms. The second-order valence-electron chi connectivity index (χ2n) is 5.42. The summed E-state index contributed by atoms with van der Waals surface area (Å²) in [5.41, 5.74) is 0.790. The topological polar surface area (TPSA) is 73.9 Å². The highest BCUT2D eigenvalue weighted by Gasteiger charge is 2.10. The number of fused-ring (bicyclic) bond motifs is 1. The maximum atomic E-state index is 11.6. The number of benzene rings is 1. The van der Waals surface area contributed by atoms with Gasteiger partial charge >= 0.3 is 5.97 Å². The summed E-state index contributed by atoms with van der Waals surface area (Å²) in [5.74, 6) is 0.468. The van der Waals surface area contributed by atoms with Crippen molar-refractivity contribution in [2.75, 3.05) is 19.8 Å². The molecule has 1 heterocycles. The largest absolute Gasteiger partial charge is 0.490 e. The first kappa shape index (κ1) is 16.9. The second kappa shape index (κ2) is 8.22. The molecule has 6 nitrogen and oxygen atoms in total. The van der Waals surface area contributed by atoms with Gasteiger partial charge in [-0.05, 0) is 37.6 Å². The van der Waals surface area contributed by atoms with Crippen LogP contribution in [0, 0.1) is 0 Å². The fraction of sp³-hybridized carbons (Fsp3) is 0.412. The van der Waals surface area contributed by atoms with Crippen LogP contribution in [0.5, 0.6) is 11.5 Å². The quantitative estimate of drug-likeness (QED) is 0.663. The number of esters is 1.